The van der Waals surface area contributed by atoms with E-state index in [1.54, 1.807) is 0 Å². The molecule has 1 aromatic rings. The molecule has 2 rings (SSSR count). The Bertz CT molecular complexity index is 345. The molecule has 2 amide bonds. The number of amides is 2. The zero-order valence-corrected chi connectivity index (χ0v) is 8.14. The van der Waals surface area contributed by atoms with Crippen molar-refractivity contribution in [3.8, 4) is 0 Å². The van der Waals surface area contributed by atoms with Crippen LogP contribution < -0.4 is 0 Å². The van der Waals surface area contributed by atoms with Crippen molar-refractivity contribution in [2.45, 2.75) is 25.7 Å². The van der Waals surface area contributed by atoms with Gasteiger partial charge >= 0.3 is 0 Å². The van der Waals surface area contributed by atoms with E-state index in [0.717, 1.165) is 0 Å². The molecule has 0 bridgehead atoms. The molecule has 1 fully saturated rings. The number of carbonyl (C=O) groups is 2. The Morgan fingerprint density at radius 2 is 2.00 bits per heavy atom. The molecule has 2 heterocycles. The minimum absolute atomic E-state index is 0.0984. The molecule has 1 aliphatic heterocycles. The maximum absolute atomic E-state index is 11.4. The van der Waals surface area contributed by atoms with Crippen LogP contribution in [0.5, 0.6) is 0 Å². The van der Waals surface area contributed by atoms with Crippen LogP contribution in [0.1, 0.15) is 25.1 Å². The zero-order valence-electron chi connectivity index (χ0n) is 8.14. The molecule has 0 spiro atoms. The number of aromatic nitrogens is 4. The lowest BCUT2D eigenvalue weighted by molar-refractivity contribution is -0.147. The molecule has 0 saturated carbocycles. The lowest BCUT2D eigenvalue weighted by Gasteiger charge is -2.24. The summed E-state index contributed by atoms with van der Waals surface area (Å²) in [5, 5.41) is 13.1. The average molecular weight is 209 g/mol. The van der Waals surface area contributed by atoms with Gasteiger partial charge in [-0.15, -0.1) is 5.10 Å². The second kappa shape index (κ2) is 4.16. The molecule has 0 atom stereocenters. The number of piperidine rings is 1. The molecule has 1 aromatic heterocycles. The Morgan fingerprint density at radius 1 is 1.27 bits per heavy atom. The van der Waals surface area contributed by atoms with E-state index < -0.39 is 0 Å². The lowest BCUT2D eigenvalue weighted by Crippen LogP contribution is -2.41. The molecule has 1 aliphatic rings. The maximum atomic E-state index is 11.4. The summed E-state index contributed by atoms with van der Waals surface area (Å²) in [4.78, 5) is 24.1. The molecule has 0 aromatic carbocycles. The fourth-order valence-electron chi connectivity index (χ4n) is 1.55. The van der Waals surface area contributed by atoms with Crippen molar-refractivity contribution in [3.63, 3.8) is 0 Å². The number of likely N-dealkylation sites (tertiary alicyclic amines) is 1. The standard InChI is InChI=1S/C8H11N5O2/c14-7-2-1-3-8(15)13(7)5-4-6-9-11-12-10-6/h1-5H2,(H,9,10,11,12). The van der Waals surface area contributed by atoms with Crippen molar-refractivity contribution < 1.29 is 9.59 Å². The number of carbonyl (C=O) groups excluding carboxylic acids is 2. The van der Waals surface area contributed by atoms with Crippen molar-refractivity contribution in [1.82, 2.24) is 25.5 Å². The van der Waals surface area contributed by atoms with Crippen LogP contribution in [0.15, 0.2) is 0 Å². The number of imide groups is 1. The van der Waals surface area contributed by atoms with Gasteiger partial charge in [0.25, 0.3) is 0 Å². The first-order chi connectivity index (χ1) is 7.27. The van der Waals surface area contributed by atoms with E-state index in [0.29, 0.717) is 38.1 Å². The van der Waals surface area contributed by atoms with Crippen molar-refractivity contribution in [2.24, 2.45) is 0 Å². The summed E-state index contributed by atoms with van der Waals surface area (Å²) in [6.45, 7) is 0.356. The molecular formula is C8H11N5O2. The topological polar surface area (TPSA) is 91.8 Å². The highest BCUT2D eigenvalue weighted by Gasteiger charge is 2.25. The monoisotopic (exact) mass is 209 g/mol. The van der Waals surface area contributed by atoms with Crippen LogP contribution >= 0.6 is 0 Å². The molecule has 15 heavy (non-hydrogen) atoms. The van der Waals surface area contributed by atoms with E-state index in [1.807, 2.05) is 0 Å². The molecule has 0 unspecified atom stereocenters. The Balaban J connectivity index is 1.92. The Kier molecular flexibility index (Phi) is 2.70. The van der Waals surface area contributed by atoms with Crippen LogP contribution in [-0.2, 0) is 16.0 Å². The van der Waals surface area contributed by atoms with Gasteiger partial charge < -0.3 is 0 Å². The fraction of sp³-hybridized carbons (Fsp3) is 0.625. The first-order valence-electron chi connectivity index (χ1n) is 4.83. The molecule has 7 nitrogen and oxygen atoms in total. The van der Waals surface area contributed by atoms with E-state index in [9.17, 15) is 9.59 Å². The number of nitrogens with one attached hydrogen (secondary N) is 1. The van der Waals surface area contributed by atoms with Gasteiger partial charge in [-0.1, -0.05) is 0 Å². The normalized spacial score (nSPS) is 17.2. The van der Waals surface area contributed by atoms with E-state index in [1.165, 1.54) is 4.90 Å². The highest BCUT2D eigenvalue weighted by Crippen LogP contribution is 2.12. The van der Waals surface area contributed by atoms with Crippen LogP contribution in [0.25, 0.3) is 0 Å². The quantitative estimate of drug-likeness (QED) is 0.663. The summed E-state index contributed by atoms with van der Waals surface area (Å²) in [6.07, 6.45) is 2.06. The van der Waals surface area contributed by atoms with E-state index in [-0.39, 0.29) is 11.8 Å². The van der Waals surface area contributed by atoms with Gasteiger partial charge in [-0.05, 0) is 16.8 Å². The third-order valence-electron chi connectivity index (χ3n) is 2.34. The van der Waals surface area contributed by atoms with Crippen molar-refractivity contribution >= 4 is 11.8 Å². The second-order valence-electron chi connectivity index (χ2n) is 3.39. The largest absolute Gasteiger partial charge is 0.282 e. The Morgan fingerprint density at radius 3 is 2.60 bits per heavy atom. The summed E-state index contributed by atoms with van der Waals surface area (Å²) >= 11 is 0. The molecule has 0 aliphatic carbocycles. The Labute approximate surface area is 85.8 Å². The summed E-state index contributed by atoms with van der Waals surface area (Å²) in [6, 6.07) is 0. The molecule has 80 valence electrons. The maximum Gasteiger partial charge on any atom is 0.229 e. The van der Waals surface area contributed by atoms with Gasteiger partial charge in [0.2, 0.25) is 11.8 Å². The van der Waals surface area contributed by atoms with E-state index >= 15 is 0 Å². The fourth-order valence-corrected chi connectivity index (χ4v) is 1.55. The first kappa shape index (κ1) is 9.75. The highest BCUT2D eigenvalue weighted by atomic mass is 16.2. The summed E-state index contributed by atoms with van der Waals surface area (Å²) in [5.74, 6) is 0.388. The highest BCUT2D eigenvalue weighted by molar-refractivity contribution is 5.97. The van der Waals surface area contributed by atoms with E-state index in [4.69, 9.17) is 0 Å². The SMILES string of the molecule is O=C1CCCC(=O)N1CCc1nnn[nH]1. The summed E-state index contributed by atoms with van der Waals surface area (Å²) in [5.41, 5.74) is 0. The predicted molar refractivity (Wildman–Crippen MR) is 48.5 cm³/mol. The smallest absolute Gasteiger partial charge is 0.229 e. The minimum Gasteiger partial charge on any atom is -0.282 e. The van der Waals surface area contributed by atoms with Crippen LogP contribution in [0, 0.1) is 0 Å². The molecular weight excluding hydrogens is 198 g/mol. The number of nitrogens with zero attached hydrogens (tertiary/aromatic N) is 4. The van der Waals surface area contributed by atoms with Gasteiger partial charge in [0, 0.05) is 25.8 Å². The Hall–Kier alpha value is -1.79. The van der Waals surface area contributed by atoms with Gasteiger partial charge in [0.05, 0.1) is 0 Å². The van der Waals surface area contributed by atoms with Crippen molar-refractivity contribution in [1.29, 1.82) is 0 Å². The lowest BCUT2D eigenvalue weighted by atomic mass is 10.1. The van der Waals surface area contributed by atoms with Gasteiger partial charge in [-0.2, -0.15) is 0 Å². The van der Waals surface area contributed by atoms with Gasteiger partial charge in [0.15, 0.2) is 0 Å². The number of hydrogen-bond donors (Lipinski definition) is 1. The van der Waals surface area contributed by atoms with Gasteiger partial charge in [0.1, 0.15) is 5.82 Å². The summed E-state index contributed by atoms with van der Waals surface area (Å²) in [7, 11) is 0. The molecule has 1 N–H and O–H groups in total. The number of rotatable bonds is 3. The number of hydrogen-bond acceptors (Lipinski definition) is 5. The van der Waals surface area contributed by atoms with Crippen LogP contribution in [-0.4, -0.2) is 43.9 Å². The minimum atomic E-state index is -0.0984. The van der Waals surface area contributed by atoms with Crippen LogP contribution in [0.2, 0.25) is 0 Å². The van der Waals surface area contributed by atoms with E-state index in [2.05, 4.69) is 20.6 Å². The molecule has 1 saturated heterocycles. The second-order valence-corrected chi connectivity index (χ2v) is 3.39. The third kappa shape index (κ3) is 2.17. The van der Waals surface area contributed by atoms with Gasteiger partial charge in [-0.25, -0.2) is 5.10 Å². The average Bonchev–Trinajstić information content (AvgIpc) is 2.70. The van der Waals surface area contributed by atoms with Crippen molar-refractivity contribution in [3.05, 3.63) is 5.82 Å². The van der Waals surface area contributed by atoms with Crippen molar-refractivity contribution in [2.75, 3.05) is 6.54 Å². The first-order valence-corrected chi connectivity index (χ1v) is 4.83. The predicted octanol–water partition coefficient (Wildman–Crippen LogP) is -0.719. The van der Waals surface area contributed by atoms with Gasteiger partial charge in [-0.3, -0.25) is 14.5 Å². The summed E-state index contributed by atoms with van der Waals surface area (Å²) < 4.78 is 0. The van der Waals surface area contributed by atoms with Crippen LogP contribution in [0.4, 0.5) is 0 Å². The third-order valence-corrected chi connectivity index (χ3v) is 2.34. The molecule has 7 heteroatoms. The zero-order chi connectivity index (χ0) is 10.7. The number of aromatic amines is 1. The number of tetrazole rings is 1. The molecule has 0 radical (unpaired) electrons. The number of H-pyrrole nitrogens is 1. The van der Waals surface area contributed by atoms with Crippen LogP contribution in [0.3, 0.4) is 0 Å².